The number of nitrogens with zero attached hydrogens (tertiary/aromatic N) is 1. The highest BCUT2D eigenvalue weighted by atomic mass is 16.5. The first-order valence-corrected chi connectivity index (χ1v) is 6.83. The van der Waals surface area contributed by atoms with E-state index >= 15 is 0 Å². The van der Waals surface area contributed by atoms with E-state index in [-0.39, 0.29) is 32.1 Å². The fourth-order valence-corrected chi connectivity index (χ4v) is 1.72. The Bertz CT molecular complexity index is 458. The number of rotatable bonds is 9. The summed E-state index contributed by atoms with van der Waals surface area (Å²) in [5.41, 5.74) is 1.10. The Labute approximate surface area is 124 Å². The molecule has 0 atom stereocenters. The van der Waals surface area contributed by atoms with Crippen LogP contribution in [0.15, 0.2) is 24.3 Å². The molecule has 0 spiro atoms. The Morgan fingerprint density at radius 1 is 1.19 bits per heavy atom. The number of hydrogen-bond donors (Lipinski definition) is 2. The van der Waals surface area contributed by atoms with Crippen molar-refractivity contribution < 1.29 is 24.5 Å². The van der Waals surface area contributed by atoms with E-state index < -0.39 is 5.97 Å². The second kappa shape index (κ2) is 8.97. The molecule has 1 aromatic carbocycles. The molecule has 6 heteroatoms. The Morgan fingerprint density at radius 2 is 1.86 bits per heavy atom. The van der Waals surface area contributed by atoms with Gasteiger partial charge >= 0.3 is 5.97 Å². The molecule has 21 heavy (non-hydrogen) atoms. The summed E-state index contributed by atoms with van der Waals surface area (Å²) in [5, 5.41) is 17.5. The van der Waals surface area contributed by atoms with Gasteiger partial charge in [0.25, 0.3) is 5.91 Å². The number of aliphatic hydroxyl groups excluding tert-OH is 1. The van der Waals surface area contributed by atoms with Crippen LogP contribution in [0.2, 0.25) is 0 Å². The van der Waals surface area contributed by atoms with Crippen molar-refractivity contribution >= 4 is 11.9 Å². The minimum atomic E-state index is -0.962. The molecule has 6 nitrogen and oxygen atoms in total. The third-order valence-corrected chi connectivity index (χ3v) is 2.92. The van der Waals surface area contributed by atoms with Gasteiger partial charge in [0.15, 0.2) is 6.61 Å². The van der Waals surface area contributed by atoms with Crippen LogP contribution in [0.5, 0.6) is 5.75 Å². The van der Waals surface area contributed by atoms with Gasteiger partial charge in [0.1, 0.15) is 5.75 Å². The highest BCUT2D eigenvalue weighted by Gasteiger charge is 2.15. The zero-order valence-electron chi connectivity index (χ0n) is 12.1. The van der Waals surface area contributed by atoms with E-state index in [0.717, 1.165) is 5.56 Å². The van der Waals surface area contributed by atoms with E-state index in [4.69, 9.17) is 14.9 Å². The van der Waals surface area contributed by atoms with Gasteiger partial charge in [0.2, 0.25) is 0 Å². The summed E-state index contributed by atoms with van der Waals surface area (Å²) in [4.78, 5) is 24.0. The molecule has 1 aromatic rings. The molecule has 0 bridgehead atoms. The molecule has 0 heterocycles. The zero-order valence-corrected chi connectivity index (χ0v) is 12.1. The number of aliphatic carboxylic acids is 1. The minimum absolute atomic E-state index is 0.0460. The molecule has 0 fully saturated rings. The van der Waals surface area contributed by atoms with Gasteiger partial charge < -0.3 is 19.8 Å². The fourth-order valence-electron chi connectivity index (χ4n) is 1.72. The number of aryl methyl sites for hydroxylation is 1. The molecule has 0 saturated heterocycles. The summed E-state index contributed by atoms with van der Waals surface area (Å²) in [6, 6.07) is 7.32. The van der Waals surface area contributed by atoms with E-state index in [0.29, 0.717) is 18.7 Å². The van der Waals surface area contributed by atoms with Gasteiger partial charge in [0.05, 0.1) is 6.42 Å². The summed E-state index contributed by atoms with van der Waals surface area (Å²) in [6.45, 7) is 2.20. The highest BCUT2D eigenvalue weighted by molar-refractivity contribution is 5.78. The molecule has 0 aliphatic heterocycles. The number of ether oxygens (including phenoxy) is 1. The van der Waals surface area contributed by atoms with E-state index in [9.17, 15) is 9.59 Å². The number of benzene rings is 1. The van der Waals surface area contributed by atoms with Crippen LogP contribution in [-0.2, 0) is 9.59 Å². The largest absolute Gasteiger partial charge is 0.484 e. The molecular weight excluding hydrogens is 274 g/mol. The maximum Gasteiger partial charge on any atom is 0.305 e. The average molecular weight is 295 g/mol. The van der Waals surface area contributed by atoms with Crippen molar-refractivity contribution in [3.05, 3.63) is 29.8 Å². The lowest BCUT2D eigenvalue weighted by molar-refractivity contribution is -0.139. The van der Waals surface area contributed by atoms with Gasteiger partial charge in [-0.3, -0.25) is 9.59 Å². The predicted octanol–water partition coefficient (Wildman–Crippen LogP) is 1.06. The molecule has 0 aromatic heterocycles. The van der Waals surface area contributed by atoms with Crippen molar-refractivity contribution in [1.82, 2.24) is 4.90 Å². The zero-order chi connectivity index (χ0) is 15.7. The van der Waals surface area contributed by atoms with Gasteiger partial charge in [-0.15, -0.1) is 0 Å². The van der Waals surface area contributed by atoms with E-state index in [1.165, 1.54) is 4.90 Å². The van der Waals surface area contributed by atoms with Gasteiger partial charge in [-0.2, -0.15) is 0 Å². The third-order valence-electron chi connectivity index (χ3n) is 2.92. The summed E-state index contributed by atoms with van der Waals surface area (Å²) in [5.74, 6) is -0.657. The number of carbonyl (C=O) groups excluding carboxylic acids is 1. The standard InChI is InChI=1S/C15H21NO5/c1-12-3-5-13(6-4-12)21-11-14(18)16(8-2-10-17)9-7-15(19)20/h3-6,17H,2,7-11H2,1H3,(H,19,20). The van der Waals surface area contributed by atoms with Crippen LogP contribution in [0.3, 0.4) is 0 Å². The lowest BCUT2D eigenvalue weighted by Crippen LogP contribution is -2.37. The average Bonchev–Trinajstić information content (AvgIpc) is 2.46. The van der Waals surface area contributed by atoms with Crippen molar-refractivity contribution in [3.8, 4) is 5.75 Å². The van der Waals surface area contributed by atoms with Crippen LogP contribution in [0.1, 0.15) is 18.4 Å². The lowest BCUT2D eigenvalue weighted by atomic mass is 10.2. The minimum Gasteiger partial charge on any atom is -0.484 e. The van der Waals surface area contributed by atoms with Crippen molar-refractivity contribution in [2.24, 2.45) is 0 Å². The topological polar surface area (TPSA) is 87.1 Å². The van der Waals surface area contributed by atoms with E-state index in [2.05, 4.69) is 0 Å². The number of carboxylic acids is 1. The van der Waals surface area contributed by atoms with Gasteiger partial charge in [-0.05, 0) is 25.5 Å². The van der Waals surface area contributed by atoms with Gasteiger partial charge in [-0.1, -0.05) is 17.7 Å². The summed E-state index contributed by atoms with van der Waals surface area (Å²) in [7, 11) is 0. The number of hydrogen-bond acceptors (Lipinski definition) is 4. The normalized spacial score (nSPS) is 10.2. The van der Waals surface area contributed by atoms with Crippen LogP contribution >= 0.6 is 0 Å². The second-order valence-electron chi connectivity index (χ2n) is 4.70. The Balaban J connectivity index is 2.50. The fraction of sp³-hybridized carbons (Fsp3) is 0.467. The van der Waals surface area contributed by atoms with E-state index in [1.54, 1.807) is 12.1 Å². The van der Waals surface area contributed by atoms with Crippen LogP contribution in [0, 0.1) is 6.92 Å². The number of amides is 1. The monoisotopic (exact) mass is 295 g/mol. The predicted molar refractivity (Wildman–Crippen MR) is 77.2 cm³/mol. The van der Waals surface area contributed by atoms with Crippen molar-refractivity contribution in [2.45, 2.75) is 19.8 Å². The maximum absolute atomic E-state index is 12.0. The number of carbonyl (C=O) groups is 2. The molecule has 0 radical (unpaired) electrons. The van der Waals surface area contributed by atoms with E-state index in [1.807, 2.05) is 19.1 Å². The molecule has 0 saturated carbocycles. The second-order valence-corrected chi connectivity index (χ2v) is 4.70. The van der Waals surface area contributed by atoms with Gasteiger partial charge in [-0.25, -0.2) is 0 Å². The first kappa shape index (κ1) is 17.0. The first-order chi connectivity index (χ1) is 10.0. The van der Waals surface area contributed by atoms with Crippen LogP contribution in [-0.4, -0.2) is 53.3 Å². The molecular formula is C15H21NO5. The Kier molecular flexibility index (Phi) is 7.25. The van der Waals surface area contributed by atoms with Crippen molar-refractivity contribution in [2.75, 3.05) is 26.3 Å². The summed E-state index contributed by atoms with van der Waals surface area (Å²) >= 11 is 0. The van der Waals surface area contributed by atoms with Crippen LogP contribution < -0.4 is 4.74 Å². The molecule has 2 N–H and O–H groups in total. The van der Waals surface area contributed by atoms with Crippen molar-refractivity contribution in [3.63, 3.8) is 0 Å². The number of aliphatic hydroxyl groups is 1. The number of carboxylic acid groups (broad SMARTS) is 1. The molecule has 0 unspecified atom stereocenters. The first-order valence-electron chi connectivity index (χ1n) is 6.83. The summed E-state index contributed by atoms with van der Waals surface area (Å²) in [6.07, 6.45) is 0.289. The van der Waals surface area contributed by atoms with Crippen LogP contribution in [0.25, 0.3) is 0 Å². The maximum atomic E-state index is 12.0. The Morgan fingerprint density at radius 3 is 2.43 bits per heavy atom. The molecule has 116 valence electrons. The SMILES string of the molecule is Cc1ccc(OCC(=O)N(CCCO)CCC(=O)O)cc1. The molecule has 1 rings (SSSR count). The smallest absolute Gasteiger partial charge is 0.305 e. The molecule has 1 amide bonds. The lowest BCUT2D eigenvalue weighted by Gasteiger charge is -2.21. The van der Waals surface area contributed by atoms with Crippen molar-refractivity contribution in [1.29, 1.82) is 0 Å². The highest BCUT2D eigenvalue weighted by Crippen LogP contribution is 2.11. The Hall–Kier alpha value is -2.08. The summed E-state index contributed by atoms with van der Waals surface area (Å²) < 4.78 is 5.39. The van der Waals surface area contributed by atoms with Gasteiger partial charge in [0, 0.05) is 19.7 Å². The van der Waals surface area contributed by atoms with Crippen LogP contribution in [0.4, 0.5) is 0 Å². The molecule has 0 aliphatic carbocycles. The quantitative estimate of drug-likeness (QED) is 0.711. The molecule has 0 aliphatic rings. The third kappa shape index (κ3) is 6.76.